The predicted octanol–water partition coefficient (Wildman–Crippen LogP) is 3.44. The Hall–Kier alpha value is -2.49. The molecule has 0 saturated carbocycles. The molecule has 0 fully saturated rings. The fourth-order valence-corrected chi connectivity index (χ4v) is 2.31. The normalized spacial score (nSPS) is 11.7. The highest BCUT2D eigenvalue weighted by Crippen LogP contribution is 2.17. The van der Waals surface area contributed by atoms with E-state index in [1.54, 1.807) is 14.0 Å². The quantitative estimate of drug-likeness (QED) is 0.847. The van der Waals surface area contributed by atoms with Gasteiger partial charge in [-0.25, -0.2) is 0 Å². The molecule has 4 nitrogen and oxygen atoms in total. The second kappa shape index (κ2) is 8.39. The van der Waals surface area contributed by atoms with Crippen molar-refractivity contribution >= 4 is 5.91 Å². The number of hydrogen-bond donors (Lipinski definition) is 1. The standard InChI is InChI=1S/C20H25NO3/c1-14-5-8-19(13-15(14)2)24-16(3)20(22)21-12-11-17-6-9-18(23-4)10-7-17/h5-10,13,16H,11-12H2,1-4H3,(H,21,22)/t16-/m1/s1. The number of carbonyl (C=O) groups excluding carboxylic acids is 1. The lowest BCUT2D eigenvalue weighted by Gasteiger charge is -2.15. The molecule has 0 radical (unpaired) electrons. The van der Waals surface area contributed by atoms with E-state index in [-0.39, 0.29) is 5.91 Å². The Kier molecular flexibility index (Phi) is 6.24. The average molecular weight is 327 g/mol. The highest BCUT2D eigenvalue weighted by Gasteiger charge is 2.14. The van der Waals surface area contributed by atoms with Gasteiger partial charge in [-0.1, -0.05) is 18.2 Å². The van der Waals surface area contributed by atoms with Gasteiger partial charge >= 0.3 is 0 Å². The van der Waals surface area contributed by atoms with Gasteiger partial charge in [0.05, 0.1) is 7.11 Å². The van der Waals surface area contributed by atoms with Gasteiger partial charge in [0.1, 0.15) is 11.5 Å². The zero-order chi connectivity index (χ0) is 17.5. The Morgan fingerprint density at radius 3 is 2.33 bits per heavy atom. The fraction of sp³-hybridized carbons (Fsp3) is 0.350. The molecule has 2 aromatic carbocycles. The predicted molar refractivity (Wildman–Crippen MR) is 95.7 cm³/mol. The second-order valence-corrected chi connectivity index (χ2v) is 5.90. The third-order valence-electron chi connectivity index (χ3n) is 4.03. The third kappa shape index (κ3) is 5.01. The Morgan fingerprint density at radius 2 is 1.71 bits per heavy atom. The smallest absolute Gasteiger partial charge is 0.260 e. The van der Waals surface area contributed by atoms with Crippen LogP contribution in [0.1, 0.15) is 23.6 Å². The maximum absolute atomic E-state index is 12.1. The van der Waals surface area contributed by atoms with Gasteiger partial charge in [0, 0.05) is 6.54 Å². The molecule has 24 heavy (non-hydrogen) atoms. The van der Waals surface area contributed by atoms with E-state index in [1.165, 1.54) is 5.56 Å². The summed E-state index contributed by atoms with van der Waals surface area (Å²) in [6, 6.07) is 13.7. The molecule has 2 rings (SSSR count). The Morgan fingerprint density at radius 1 is 1.04 bits per heavy atom. The van der Waals surface area contributed by atoms with Crippen LogP contribution in [0.3, 0.4) is 0 Å². The van der Waals surface area contributed by atoms with Gasteiger partial charge in [0.25, 0.3) is 5.91 Å². The largest absolute Gasteiger partial charge is 0.497 e. The van der Waals surface area contributed by atoms with Crippen molar-refractivity contribution in [2.24, 2.45) is 0 Å². The van der Waals surface area contributed by atoms with E-state index in [4.69, 9.17) is 9.47 Å². The first-order valence-corrected chi connectivity index (χ1v) is 8.14. The summed E-state index contributed by atoms with van der Waals surface area (Å²) in [5, 5.41) is 2.91. The number of aryl methyl sites for hydroxylation is 2. The van der Waals surface area contributed by atoms with E-state index in [9.17, 15) is 4.79 Å². The molecule has 0 unspecified atom stereocenters. The molecule has 1 amide bonds. The van der Waals surface area contributed by atoms with Crippen molar-refractivity contribution in [2.75, 3.05) is 13.7 Å². The number of carbonyl (C=O) groups is 1. The van der Waals surface area contributed by atoms with Gasteiger partial charge in [-0.2, -0.15) is 0 Å². The van der Waals surface area contributed by atoms with Gasteiger partial charge in [-0.3, -0.25) is 4.79 Å². The zero-order valence-corrected chi connectivity index (χ0v) is 14.8. The molecule has 0 aliphatic heterocycles. The summed E-state index contributed by atoms with van der Waals surface area (Å²) < 4.78 is 10.8. The van der Waals surface area contributed by atoms with Gasteiger partial charge in [-0.05, 0) is 68.1 Å². The van der Waals surface area contributed by atoms with Gasteiger partial charge in [0.15, 0.2) is 6.10 Å². The van der Waals surface area contributed by atoms with Crippen LogP contribution in [0.15, 0.2) is 42.5 Å². The number of hydrogen-bond acceptors (Lipinski definition) is 3. The molecule has 0 aliphatic carbocycles. The van der Waals surface area contributed by atoms with Crippen LogP contribution in [0.5, 0.6) is 11.5 Å². The molecule has 0 saturated heterocycles. The molecule has 1 atom stereocenters. The van der Waals surface area contributed by atoms with E-state index in [1.807, 2.05) is 49.4 Å². The maximum Gasteiger partial charge on any atom is 0.260 e. The minimum atomic E-state index is -0.525. The Labute approximate surface area is 143 Å². The van der Waals surface area contributed by atoms with Crippen molar-refractivity contribution in [3.63, 3.8) is 0 Å². The molecular weight excluding hydrogens is 302 g/mol. The summed E-state index contributed by atoms with van der Waals surface area (Å²) in [7, 11) is 1.64. The van der Waals surface area contributed by atoms with Crippen LogP contribution in [0.2, 0.25) is 0 Å². The van der Waals surface area contributed by atoms with Crippen LogP contribution >= 0.6 is 0 Å². The van der Waals surface area contributed by atoms with Crippen molar-refractivity contribution in [2.45, 2.75) is 33.3 Å². The lowest BCUT2D eigenvalue weighted by atomic mass is 10.1. The van der Waals surface area contributed by atoms with Crippen molar-refractivity contribution in [1.29, 1.82) is 0 Å². The summed E-state index contributed by atoms with van der Waals surface area (Å²) in [6.45, 7) is 6.42. The molecule has 0 aromatic heterocycles. The molecule has 128 valence electrons. The van der Waals surface area contributed by atoms with Crippen LogP contribution in [-0.4, -0.2) is 25.7 Å². The minimum Gasteiger partial charge on any atom is -0.497 e. The van der Waals surface area contributed by atoms with Crippen LogP contribution in [0, 0.1) is 13.8 Å². The molecule has 1 N–H and O–H groups in total. The molecule has 0 bridgehead atoms. The Balaban J connectivity index is 1.79. The van der Waals surface area contributed by atoms with Crippen LogP contribution < -0.4 is 14.8 Å². The maximum atomic E-state index is 12.1. The monoisotopic (exact) mass is 327 g/mol. The first-order chi connectivity index (χ1) is 11.5. The number of methoxy groups -OCH3 is 1. The van der Waals surface area contributed by atoms with Crippen molar-refractivity contribution in [1.82, 2.24) is 5.32 Å². The summed E-state index contributed by atoms with van der Waals surface area (Å²) in [5.74, 6) is 1.44. The first-order valence-electron chi connectivity index (χ1n) is 8.14. The van der Waals surface area contributed by atoms with E-state index >= 15 is 0 Å². The summed E-state index contributed by atoms with van der Waals surface area (Å²) in [6.07, 6.45) is 0.245. The summed E-state index contributed by atoms with van der Waals surface area (Å²) in [5.41, 5.74) is 3.51. The zero-order valence-electron chi connectivity index (χ0n) is 14.8. The van der Waals surface area contributed by atoms with E-state index in [2.05, 4.69) is 12.2 Å². The highest BCUT2D eigenvalue weighted by molar-refractivity contribution is 5.80. The molecule has 0 aliphatic rings. The topological polar surface area (TPSA) is 47.6 Å². The highest BCUT2D eigenvalue weighted by atomic mass is 16.5. The lowest BCUT2D eigenvalue weighted by Crippen LogP contribution is -2.37. The average Bonchev–Trinajstić information content (AvgIpc) is 2.58. The lowest BCUT2D eigenvalue weighted by molar-refractivity contribution is -0.127. The van der Waals surface area contributed by atoms with Crippen LogP contribution in [0.4, 0.5) is 0 Å². The number of amides is 1. The molecule has 4 heteroatoms. The summed E-state index contributed by atoms with van der Waals surface area (Å²) >= 11 is 0. The number of ether oxygens (including phenoxy) is 2. The van der Waals surface area contributed by atoms with E-state index in [0.717, 1.165) is 29.0 Å². The van der Waals surface area contributed by atoms with E-state index < -0.39 is 6.10 Å². The van der Waals surface area contributed by atoms with Gasteiger partial charge in [0.2, 0.25) is 0 Å². The third-order valence-corrected chi connectivity index (χ3v) is 4.03. The van der Waals surface area contributed by atoms with Crippen molar-refractivity contribution in [3.05, 3.63) is 59.2 Å². The number of benzene rings is 2. The Bertz CT molecular complexity index is 680. The van der Waals surface area contributed by atoms with E-state index in [0.29, 0.717) is 6.54 Å². The van der Waals surface area contributed by atoms with Crippen LogP contribution in [-0.2, 0) is 11.2 Å². The van der Waals surface area contributed by atoms with Crippen LogP contribution in [0.25, 0.3) is 0 Å². The minimum absolute atomic E-state index is 0.110. The van der Waals surface area contributed by atoms with Gasteiger partial charge in [-0.15, -0.1) is 0 Å². The summed E-state index contributed by atoms with van der Waals surface area (Å²) in [4.78, 5) is 12.1. The molecule has 2 aromatic rings. The van der Waals surface area contributed by atoms with Crippen molar-refractivity contribution in [3.8, 4) is 11.5 Å². The second-order valence-electron chi connectivity index (χ2n) is 5.90. The molecular formula is C20H25NO3. The number of nitrogens with one attached hydrogen (secondary N) is 1. The number of rotatable bonds is 7. The SMILES string of the molecule is COc1ccc(CCNC(=O)[C@@H](C)Oc2ccc(C)c(C)c2)cc1. The fourth-order valence-electron chi connectivity index (χ4n) is 2.31. The molecule has 0 heterocycles. The molecule has 0 spiro atoms. The van der Waals surface area contributed by atoms with Crippen molar-refractivity contribution < 1.29 is 14.3 Å². The first kappa shape index (κ1) is 17.9. The van der Waals surface area contributed by atoms with Gasteiger partial charge < -0.3 is 14.8 Å².